The number of hydrogen-bond donors (Lipinski definition) is 0. The Labute approximate surface area is 88.0 Å². The van der Waals surface area contributed by atoms with Crippen molar-refractivity contribution >= 4 is 0 Å². The lowest BCUT2D eigenvalue weighted by molar-refractivity contribution is 0.145. The van der Waals surface area contributed by atoms with Crippen molar-refractivity contribution in [2.24, 2.45) is 0 Å². The zero-order chi connectivity index (χ0) is 10.7. The van der Waals surface area contributed by atoms with Crippen molar-refractivity contribution in [1.29, 1.82) is 0 Å². The molecule has 0 aromatic heterocycles. The van der Waals surface area contributed by atoms with E-state index in [9.17, 15) is 4.39 Å². The lowest BCUT2D eigenvalue weighted by Gasteiger charge is -1.96. The minimum Gasteiger partial charge on any atom is -0.366 e. The highest BCUT2D eigenvalue weighted by molar-refractivity contribution is 5.23. The van der Waals surface area contributed by atoms with Gasteiger partial charge in [0.2, 0.25) is 0 Å². The number of benzene rings is 1. The van der Waals surface area contributed by atoms with Gasteiger partial charge in [-0.25, -0.2) is 4.39 Å². The van der Waals surface area contributed by atoms with Crippen LogP contribution in [-0.2, 0) is 9.47 Å². The van der Waals surface area contributed by atoms with Crippen molar-refractivity contribution in [3.8, 4) is 12.3 Å². The molecule has 0 bridgehead atoms. The van der Waals surface area contributed by atoms with E-state index in [4.69, 9.17) is 15.9 Å². The van der Waals surface area contributed by atoms with Crippen LogP contribution < -0.4 is 0 Å². The van der Waals surface area contributed by atoms with Crippen molar-refractivity contribution in [3.05, 3.63) is 35.6 Å². The predicted molar refractivity (Wildman–Crippen MR) is 53.7 cm³/mol. The zero-order valence-corrected chi connectivity index (χ0v) is 8.15. The molecule has 0 saturated carbocycles. The molecule has 2 atom stereocenters. The summed E-state index contributed by atoms with van der Waals surface area (Å²) in [6.07, 6.45) is 5.13. The molecule has 0 amide bonds. The molecule has 1 aromatic rings. The van der Waals surface area contributed by atoms with Crippen LogP contribution in [0, 0.1) is 18.2 Å². The number of halogens is 1. The molecule has 78 valence electrons. The molecule has 2 nitrogen and oxygen atoms in total. The number of ether oxygens (including phenoxy) is 2. The van der Waals surface area contributed by atoms with Gasteiger partial charge in [-0.1, -0.05) is 18.1 Å². The summed E-state index contributed by atoms with van der Waals surface area (Å²) in [5.74, 6) is 2.15. The second-order valence-corrected chi connectivity index (χ2v) is 3.37. The van der Waals surface area contributed by atoms with Crippen LogP contribution in [0.25, 0.3) is 0 Å². The maximum Gasteiger partial charge on any atom is 0.123 e. The summed E-state index contributed by atoms with van der Waals surface area (Å²) >= 11 is 0. The lowest BCUT2D eigenvalue weighted by Crippen LogP contribution is -2.02. The number of rotatable bonds is 4. The summed E-state index contributed by atoms with van der Waals surface area (Å²) in [5.41, 5.74) is 0.978. The van der Waals surface area contributed by atoms with Crippen LogP contribution in [0.1, 0.15) is 11.7 Å². The molecule has 1 aromatic carbocycles. The van der Waals surface area contributed by atoms with E-state index in [1.807, 2.05) is 0 Å². The van der Waals surface area contributed by atoms with Crippen LogP contribution in [0.5, 0.6) is 0 Å². The normalized spacial score (nSPS) is 23.5. The van der Waals surface area contributed by atoms with Gasteiger partial charge in [-0.3, -0.25) is 0 Å². The Morgan fingerprint density at radius 2 is 2.13 bits per heavy atom. The second-order valence-electron chi connectivity index (χ2n) is 3.37. The molecular weight excluding hydrogens is 195 g/mol. The topological polar surface area (TPSA) is 21.8 Å². The van der Waals surface area contributed by atoms with Gasteiger partial charge < -0.3 is 9.47 Å². The molecule has 2 rings (SSSR count). The van der Waals surface area contributed by atoms with Gasteiger partial charge in [0.25, 0.3) is 0 Å². The van der Waals surface area contributed by atoms with E-state index in [0.29, 0.717) is 13.2 Å². The summed E-state index contributed by atoms with van der Waals surface area (Å²) in [7, 11) is 0. The van der Waals surface area contributed by atoms with Gasteiger partial charge in [0.15, 0.2) is 0 Å². The third kappa shape index (κ3) is 2.56. The Morgan fingerprint density at radius 3 is 2.80 bits per heavy atom. The molecule has 1 heterocycles. The maximum absolute atomic E-state index is 12.6. The highest BCUT2D eigenvalue weighted by Gasteiger charge is 2.40. The molecule has 0 radical (unpaired) electrons. The summed E-state index contributed by atoms with van der Waals surface area (Å²) in [6.45, 7) is 0.794. The average Bonchev–Trinajstić information content (AvgIpc) is 2.99. The van der Waals surface area contributed by atoms with Crippen LogP contribution in [0.4, 0.5) is 4.39 Å². The molecular formula is C12H11FO2. The molecule has 0 spiro atoms. The first kappa shape index (κ1) is 10.2. The summed E-state index contributed by atoms with van der Waals surface area (Å²) in [4.78, 5) is 0. The largest absolute Gasteiger partial charge is 0.366 e. The van der Waals surface area contributed by atoms with E-state index in [1.165, 1.54) is 12.1 Å². The van der Waals surface area contributed by atoms with E-state index in [0.717, 1.165) is 5.56 Å². The molecule has 0 N–H and O–H groups in total. The minimum absolute atomic E-state index is 0.0309. The number of epoxide rings is 1. The van der Waals surface area contributed by atoms with Crippen LogP contribution in [0.15, 0.2) is 24.3 Å². The Balaban J connectivity index is 1.83. The fourth-order valence-electron chi connectivity index (χ4n) is 1.45. The molecule has 0 aliphatic carbocycles. The number of terminal acetylenes is 1. The van der Waals surface area contributed by atoms with Gasteiger partial charge in [0, 0.05) is 0 Å². The second kappa shape index (κ2) is 4.43. The van der Waals surface area contributed by atoms with E-state index in [1.54, 1.807) is 12.1 Å². The molecule has 3 heteroatoms. The first-order chi connectivity index (χ1) is 7.31. The van der Waals surface area contributed by atoms with Gasteiger partial charge in [0.1, 0.15) is 24.6 Å². The molecule has 1 fully saturated rings. The van der Waals surface area contributed by atoms with Crippen molar-refractivity contribution in [3.63, 3.8) is 0 Å². The first-order valence-corrected chi connectivity index (χ1v) is 4.73. The highest BCUT2D eigenvalue weighted by atomic mass is 19.1. The third-order valence-electron chi connectivity index (χ3n) is 2.25. The monoisotopic (exact) mass is 206 g/mol. The molecule has 0 unspecified atom stereocenters. The highest BCUT2D eigenvalue weighted by Crippen LogP contribution is 2.38. The van der Waals surface area contributed by atoms with Gasteiger partial charge in [-0.2, -0.15) is 0 Å². The van der Waals surface area contributed by atoms with Gasteiger partial charge >= 0.3 is 0 Å². The first-order valence-electron chi connectivity index (χ1n) is 4.73. The van der Waals surface area contributed by atoms with Gasteiger partial charge in [0.05, 0.1) is 6.61 Å². The fourth-order valence-corrected chi connectivity index (χ4v) is 1.45. The number of hydrogen-bond acceptors (Lipinski definition) is 2. The Kier molecular flexibility index (Phi) is 3.00. The van der Waals surface area contributed by atoms with Crippen molar-refractivity contribution in [2.75, 3.05) is 13.2 Å². The standard InChI is InChI=1S/C12H11FO2/c1-2-7-14-8-11-12(15-11)9-3-5-10(13)6-4-9/h1,3-6,11-12H,7-8H2/t11-,12-/m1/s1. The van der Waals surface area contributed by atoms with Crippen molar-refractivity contribution in [2.45, 2.75) is 12.2 Å². The Bertz CT molecular complexity index is 366. The van der Waals surface area contributed by atoms with Crippen LogP contribution >= 0.6 is 0 Å². The fraction of sp³-hybridized carbons (Fsp3) is 0.333. The van der Waals surface area contributed by atoms with Gasteiger partial charge in [-0.15, -0.1) is 6.42 Å². The SMILES string of the molecule is C#CCOC[C@H]1O[C@@H]1c1ccc(F)cc1. The third-order valence-corrected chi connectivity index (χ3v) is 2.25. The Hall–Kier alpha value is -1.37. The zero-order valence-electron chi connectivity index (χ0n) is 8.15. The molecule has 1 aliphatic rings. The smallest absolute Gasteiger partial charge is 0.123 e. The molecule has 1 aliphatic heterocycles. The predicted octanol–water partition coefficient (Wildman–Crippen LogP) is 1.92. The van der Waals surface area contributed by atoms with Crippen molar-refractivity contribution in [1.82, 2.24) is 0 Å². The summed E-state index contributed by atoms with van der Waals surface area (Å²) in [5, 5.41) is 0. The van der Waals surface area contributed by atoms with E-state index in [2.05, 4.69) is 5.92 Å². The average molecular weight is 206 g/mol. The summed E-state index contributed by atoms with van der Waals surface area (Å²) < 4.78 is 23.1. The maximum atomic E-state index is 12.6. The minimum atomic E-state index is -0.237. The van der Waals surface area contributed by atoms with E-state index >= 15 is 0 Å². The lowest BCUT2D eigenvalue weighted by atomic mass is 10.1. The molecule has 1 saturated heterocycles. The summed E-state index contributed by atoms with van der Waals surface area (Å²) in [6, 6.07) is 6.30. The quantitative estimate of drug-likeness (QED) is 0.426. The Morgan fingerprint density at radius 1 is 1.40 bits per heavy atom. The van der Waals surface area contributed by atoms with Crippen LogP contribution in [0.3, 0.4) is 0 Å². The van der Waals surface area contributed by atoms with E-state index in [-0.39, 0.29) is 18.0 Å². The van der Waals surface area contributed by atoms with Crippen LogP contribution in [0.2, 0.25) is 0 Å². The van der Waals surface area contributed by atoms with Gasteiger partial charge in [-0.05, 0) is 17.7 Å². The van der Waals surface area contributed by atoms with E-state index < -0.39 is 0 Å². The molecule has 15 heavy (non-hydrogen) atoms. The van der Waals surface area contributed by atoms with Crippen molar-refractivity contribution < 1.29 is 13.9 Å². The van der Waals surface area contributed by atoms with Crippen LogP contribution in [-0.4, -0.2) is 19.3 Å².